The van der Waals surface area contributed by atoms with Crippen molar-refractivity contribution >= 4 is 17.9 Å². The quantitative estimate of drug-likeness (QED) is 0.729. The first kappa shape index (κ1) is 15.8. The van der Waals surface area contributed by atoms with Crippen LogP contribution in [0.2, 0.25) is 0 Å². The van der Waals surface area contributed by atoms with Crippen LogP contribution in [0, 0.1) is 11.3 Å². The smallest absolute Gasteiger partial charge is 0.328 e. The highest BCUT2D eigenvalue weighted by Crippen LogP contribution is 2.12. The molecule has 8 heteroatoms. The predicted octanol–water partition coefficient (Wildman–Crippen LogP) is -0.385. The summed E-state index contributed by atoms with van der Waals surface area (Å²) in [6.45, 7) is 3.36. The molecule has 1 saturated heterocycles. The summed E-state index contributed by atoms with van der Waals surface area (Å²) in [6.07, 6.45) is 0.154. The van der Waals surface area contributed by atoms with Crippen LogP contribution in [0.4, 0.5) is 4.79 Å². The number of carboxylic acid groups (broad SMARTS) is 1. The van der Waals surface area contributed by atoms with Crippen molar-refractivity contribution in [1.29, 1.82) is 5.26 Å². The summed E-state index contributed by atoms with van der Waals surface area (Å²) in [5.41, 5.74) is 0. The van der Waals surface area contributed by atoms with Crippen LogP contribution in [-0.2, 0) is 9.59 Å². The van der Waals surface area contributed by atoms with Gasteiger partial charge in [-0.15, -0.1) is 0 Å². The van der Waals surface area contributed by atoms with Gasteiger partial charge in [-0.25, -0.2) is 9.59 Å². The zero-order valence-electron chi connectivity index (χ0n) is 11.5. The molecule has 1 aliphatic rings. The van der Waals surface area contributed by atoms with Crippen molar-refractivity contribution in [2.75, 3.05) is 19.6 Å². The molecule has 1 heterocycles. The first-order valence-electron chi connectivity index (χ1n) is 6.32. The average molecular weight is 282 g/mol. The fraction of sp³-hybridized carbons (Fsp3) is 0.667. The SMILES string of the molecule is CC(C)N(CCC#N)C(=O)N1CC(=O)NCC1C(=O)O. The number of nitrogens with zero attached hydrogens (tertiary/aromatic N) is 3. The van der Waals surface area contributed by atoms with E-state index in [0.29, 0.717) is 0 Å². The molecule has 0 aromatic carbocycles. The number of nitrogens with one attached hydrogen (secondary N) is 1. The molecule has 2 N–H and O–H groups in total. The van der Waals surface area contributed by atoms with Crippen molar-refractivity contribution in [3.05, 3.63) is 0 Å². The molecule has 8 nitrogen and oxygen atoms in total. The summed E-state index contributed by atoms with van der Waals surface area (Å²) in [5.74, 6) is -1.55. The normalized spacial score (nSPS) is 18.4. The second-order valence-corrected chi connectivity index (χ2v) is 4.76. The number of amides is 3. The van der Waals surface area contributed by atoms with Crippen LogP contribution in [0.5, 0.6) is 0 Å². The van der Waals surface area contributed by atoms with Crippen molar-refractivity contribution in [2.24, 2.45) is 0 Å². The predicted molar refractivity (Wildman–Crippen MR) is 68.6 cm³/mol. The molecule has 0 aromatic heterocycles. The van der Waals surface area contributed by atoms with Gasteiger partial charge in [0.2, 0.25) is 5.91 Å². The Bertz CT molecular complexity index is 443. The summed E-state index contributed by atoms with van der Waals surface area (Å²) >= 11 is 0. The van der Waals surface area contributed by atoms with Gasteiger partial charge in [-0.2, -0.15) is 5.26 Å². The van der Waals surface area contributed by atoms with Gasteiger partial charge < -0.3 is 15.3 Å². The summed E-state index contributed by atoms with van der Waals surface area (Å²) in [4.78, 5) is 37.4. The molecule has 110 valence electrons. The van der Waals surface area contributed by atoms with Crippen LogP contribution in [0.25, 0.3) is 0 Å². The molecule has 0 saturated carbocycles. The van der Waals surface area contributed by atoms with Crippen molar-refractivity contribution < 1.29 is 19.5 Å². The van der Waals surface area contributed by atoms with E-state index in [2.05, 4.69) is 5.32 Å². The molecule has 0 aromatic rings. The number of hydrogen-bond donors (Lipinski definition) is 2. The summed E-state index contributed by atoms with van der Waals surface area (Å²) in [7, 11) is 0. The van der Waals surface area contributed by atoms with Gasteiger partial charge in [-0.1, -0.05) is 0 Å². The van der Waals surface area contributed by atoms with Gasteiger partial charge in [0, 0.05) is 19.1 Å². The van der Waals surface area contributed by atoms with Crippen LogP contribution in [0.15, 0.2) is 0 Å². The van der Waals surface area contributed by atoms with Gasteiger partial charge in [0.25, 0.3) is 0 Å². The largest absolute Gasteiger partial charge is 0.480 e. The summed E-state index contributed by atoms with van der Waals surface area (Å²) in [5, 5.41) is 20.2. The molecule has 20 heavy (non-hydrogen) atoms. The van der Waals surface area contributed by atoms with E-state index < -0.39 is 18.0 Å². The maximum atomic E-state index is 12.4. The zero-order valence-corrected chi connectivity index (χ0v) is 11.5. The number of piperazine rings is 1. The second-order valence-electron chi connectivity index (χ2n) is 4.76. The van der Waals surface area contributed by atoms with Crippen LogP contribution >= 0.6 is 0 Å². The Morgan fingerprint density at radius 3 is 2.75 bits per heavy atom. The van der Waals surface area contributed by atoms with Crippen molar-refractivity contribution in [3.8, 4) is 6.07 Å². The van der Waals surface area contributed by atoms with Crippen LogP contribution in [0.1, 0.15) is 20.3 Å². The highest BCUT2D eigenvalue weighted by molar-refractivity contribution is 5.90. The zero-order chi connectivity index (χ0) is 15.3. The Kier molecular flexibility index (Phi) is 5.32. The lowest BCUT2D eigenvalue weighted by Crippen LogP contribution is -2.62. The van der Waals surface area contributed by atoms with E-state index in [9.17, 15) is 14.4 Å². The molecular formula is C12H18N4O4. The number of aliphatic carboxylic acids is 1. The highest BCUT2D eigenvalue weighted by atomic mass is 16.4. The molecule has 1 aliphatic heterocycles. The van der Waals surface area contributed by atoms with E-state index in [1.807, 2.05) is 6.07 Å². The van der Waals surface area contributed by atoms with Crippen LogP contribution in [-0.4, -0.2) is 64.5 Å². The third-order valence-corrected chi connectivity index (χ3v) is 3.05. The molecule has 0 spiro atoms. The van der Waals surface area contributed by atoms with Gasteiger partial charge in [-0.3, -0.25) is 9.69 Å². The molecule has 0 radical (unpaired) electrons. The van der Waals surface area contributed by atoms with E-state index >= 15 is 0 Å². The summed E-state index contributed by atoms with van der Waals surface area (Å²) < 4.78 is 0. The van der Waals surface area contributed by atoms with Gasteiger partial charge in [0.15, 0.2) is 0 Å². The molecule has 3 amide bonds. The van der Waals surface area contributed by atoms with Crippen molar-refractivity contribution in [3.63, 3.8) is 0 Å². The Labute approximate surface area is 116 Å². The molecular weight excluding hydrogens is 264 g/mol. The Balaban J connectivity index is 2.91. The molecule has 1 rings (SSSR count). The minimum absolute atomic E-state index is 0.107. The number of carbonyl (C=O) groups is 3. The minimum atomic E-state index is -1.16. The summed E-state index contributed by atoms with van der Waals surface area (Å²) in [6, 6.07) is 0.151. The fourth-order valence-corrected chi connectivity index (χ4v) is 1.97. The average Bonchev–Trinajstić information content (AvgIpc) is 2.38. The number of hydrogen-bond acceptors (Lipinski definition) is 4. The molecule has 1 fully saturated rings. The van der Waals surface area contributed by atoms with Gasteiger partial charge in [0.1, 0.15) is 12.6 Å². The first-order valence-corrected chi connectivity index (χ1v) is 6.32. The van der Waals surface area contributed by atoms with Gasteiger partial charge in [0.05, 0.1) is 12.5 Å². The topological polar surface area (TPSA) is 114 Å². The monoisotopic (exact) mass is 282 g/mol. The number of carboxylic acids is 1. The van der Waals surface area contributed by atoms with Gasteiger partial charge in [-0.05, 0) is 13.8 Å². The van der Waals surface area contributed by atoms with E-state index in [0.717, 1.165) is 4.90 Å². The molecule has 0 bridgehead atoms. The standard InChI is InChI=1S/C12H18N4O4/c1-8(2)15(5-3-4-13)12(20)16-7-10(17)14-6-9(16)11(18)19/h8-9H,3,5-7H2,1-2H3,(H,14,17)(H,18,19). The van der Waals surface area contributed by atoms with Crippen molar-refractivity contribution in [1.82, 2.24) is 15.1 Å². The lowest BCUT2D eigenvalue weighted by molar-refractivity contribution is -0.144. The van der Waals surface area contributed by atoms with Crippen molar-refractivity contribution in [2.45, 2.75) is 32.4 Å². The van der Waals surface area contributed by atoms with Gasteiger partial charge >= 0.3 is 12.0 Å². The molecule has 0 aliphatic carbocycles. The first-order chi connectivity index (χ1) is 9.38. The Hall–Kier alpha value is -2.30. The van der Waals surface area contributed by atoms with E-state index in [-0.39, 0.29) is 38.0 Å². The third kappa shape index (κ3) is 3.60. The third-order valence-electron chi connectivity index (χ3n) is 3.05. The minimum Gasteiger partial charge on any atom is -0.480 e. The maximum absolute atomic E-state index is 12.4. The lowest BCUT2D eigenvalue weighted by atomic mass is 10.2. The van der Waals surface area contributed by atoms with E-state index in [1.165, 1.54) is 4.90 Å². The van der Waals surface area contributed by atoms with Crippen LogP contribution < -0.4 is 5.32 Å². The van der Waals surface area contributed by atoms with Crippen LogP contribution in [0.3, 0.4) is 0 Å². The highest BCUT2D eigenvalue weighted by Gasteiger charge is 2.37. The number of urea groups is 1. The lowest BCUT2D eigenvalue weighted by Gasteiger charge is -2.37. The molecule has 1 atom stereocenters. The second kappa shape index (κ2) is 6.75. The number of carbonyl (C=O) groups excluding carboxylic acids is 2. The number of rotatable bonds is 4. The Morgan fingerprint density at radius 2 is 2.25 bits per heavy atom. The molecule has 1 unspecified atom stereocenters. The fourth-order valence-electron chi connectivity index (χ4n) is 1.97. The maximum Gasteiger partial charge on any atom is 0.328 e. The van der Waals surface area contributed by atoms with E-state index in [1.54, 1.807) is 13.8 Å². The number of nitriles is 1. The Morgan fingerprint density at radius 1 is 1.60 bits per heavy atom. The van der Waals surface area contributed by atoms with E-state index in [4.69, 9.17) is 10.4 Å².